The minimum atomic E-state index is -2.90. The first kappa shape index (κ1) is 36.6. The molecule has 2 amide bonds. The third-order valence-corrected chi connectivity index (χ3v) is 14.9. The number of ether oxygens (including phenoxy) is 1. The number of aryl methyl sites for hydroxylation is 1. The summed E-state index contributed by atoms with van der Waals surface area (Å²) in [6, 6.07) is 35.2. The SMILES string of the molecule is C[C@H]1[C@H]([Si](C)(C)O)[C@@H](CCn2cc(C(CO)c3ccccc3)nn2)O[C@]12C(=O)N(Cc1cccc(N3C(=O)c4cccc5cccc3c45)c1)c1ccc(Br)cc12. The molecule has 0 radical (unpaired) electrons. The van der Waals surface area contributed by atoms with E-state index in [2.05, 4.69) is 26.2 Å². The van der Waals surface area contributed by atoms with Crippen LogP contribution in [0.3, 0.4) is 0 Å². The zero-order chi connectivity index (χ0) is 38.9. The van der Waals surface area contributed by atoms with Gasteiger partial charge in [-0.1, -0.05) is 94.8 Å². The van der Waals surface area contributed by atoms with E-state index in [9.17, 15) is 14.7 Å². The van der Waals surface area contributed by atoms with Gasteiger partial charge in [-0.25, -0.2) is 0 Å². The Kier molecular flexibility index (Phi) is 9.09. The van der Waals surface area contributed by atoms with Crippen molar-refractivity contribution < 1.29 is 24.2 Å². The number of aliphatic hydroxyl groups is 1. The summed E-state index contributed by atoms with van der Waals surface area (Å²) in [5.41, 5.74) is 4.72. The molecule has 0 saturated carbocycles. The fraction of sp³-hybridized carbons (Fsp3) is 0.273. The van der Waals surface area contributed by atoms with Gasteiger partial charge in [0.05, 0.1) is 47.8 Å². The number of amides is 2. The number of hydrogen-bond donors (Lipinski definition) is 2. The Balaban J connectivity index is 1.01. The Morgan fingerprint density at radius 2 is 1.70 bits per heavy atom. The molecule has 1 spiro atoms. The highest BCUT2D eigenvalue weighted by Gasteiger charge is 2.66. The summed E-state index contributed by atoms with van der Waals surface area (Å²) in [4.78, 5) is 44.3. The van der Waals surface area contributed by atoms with Crippen LogP contribution in [0, 0.1) is 5.92 Å². The Morgan fingerprint density at radius 3 is 2.46 bits per heavy atom. The lowest BCUT2D eigenvalue weighted by Gasteiger charge is -2.32. The maximum absolute atomic E-state index is 15.1. The molecule has 284 valence electrons. The Bertz CT molecular complexity index is 2500. The third kappa shape index (κ3) is 5.85. The van der Waals surface area contributed by atoms with Crippen molar-refractivity contribution in [3.8, 4) is 0 Å². The number of aromatic nitrogens is 3. The molecule has 1 saturated heterocycles. The van der Waals surface area contributed by atoms with E-state index >= 15 is 4.79 Å². The number of rotatable bonds is 10. The van der Waals surface area contributed by atoms with Crippen molar-refractivity contribution in [2.75, 3.05) is 16.4 Å². The molecule has 9 rings (SSSR count). The molecule has 1 aromatic heterocycles. The molecule has 1 unspecified atom stereocenters. The quantitative estimate of drug-likeness (QED) is 0.134. The number of halogens is 1. The van der Waals surface area contributed by atoms with Crippen LogP contribution >= 0.6 is 15.9 Å². The summed E-state index contributed by atoms with van der Waals surface area (Å²) in [6.07, 6.45) is 1.93. The second-order valence-electron chi connectivity index (χ2n) is 15.7. The van der Waals surface area contributed by atoms with Crippen LogP contribution in [0.25, 0.3) is 10.8 Å². The zero-order valence-corrected chi connectivity index (χ0v) is 33.9. The Hall–Kier alpha value is -4.98. The predicted octanol–water partition coefficient (Wildman–Crippen LogP) is 8.04. The van der Waals surface area contributed by atoms with Crippen molar-refractivity contribution >= 4 is 63.9 Å². The molecule has 2 N–H and O–H groups in total. The molecule has 12 heteroatoms. The summed E-state index contributed by atoms with van der Waals surface area (Å²) in [7, 11) is -2.90. The summed E-state index contributed by atoms with van der Waals surface area (Å²) in [5.74, 6) is -0.875. The van der Waals surface area contributed by atoms with Crippen molar-refractivity contribution in [2.45, 2.75) is 62.7 Å². The van der Waals surface area contributed by atoms with E-state index in [1.54, 1.807) is 14.5 Å². The minimum Gasteiger partial charge on any atom is -0.432 e. The van der Waals surface area contributed by atoms with E-state index in [1.807, 2.05) is 135 Å². The first-order valence-corrected chi connectivity index (χ1v) is 22.8. The van der Waals surface area contributed by atoms with Gasteiger partial charge >= 0.3 is 0 Å². The monoisotopic (exact) mass is 827 g/mol. The van der Waals surface area contributed by atoms with Gasteiger partial charge in [0, 0.05) is 45.3 Å². The summed E-state index contributed by atoms with van der Waals surface area (Å²) in [5, 5.41) is 21.0. The highest BCUT2D eigenvalue weighted by atomic mass is 79.9. The molecule has 5 aromatic carbocycles. The molecule has 3 aliphatic rings. The Morgan fingerprint density at radius 1 is 0.929 bits per heavy atom. The largest absolute Gasteiger partial charge is 0.432 e. The Labute approximate surface area is 334 Å². The van der Waals surface area contributed by atoms with Crippen molar-refractivity contribution in [3.63, 3.8) is 0 Å². The van der Waals surface area contributed by atoms with Crippen LogP contribution in [-0.2, 0) is 28.2 Å². The van der Waals surface area contributed by atoms with Gasteiger partial charge in [-0.2, -0.15) is 0 Å². The van der Waals surface area contributed by atoms with Gasteiger partial charge in [0.2, 0.25) is 0 Å². The molecule has 0 bridgehead atoms. The smallest absolute Gasteiger partial charge is 0.264 e. The molecule has 3 aliphatic heterocycles. The fourth-order valence-corrected chi connectivity index (χ4v) is 12.5. The number of nitrogens with zero attached hydrogens (tertiary/aromatic N) is 5. The lowest BCUT2D eigenvalue weighted by Crippen LogP contribution is -2.46. The standard InChI is InChI=1S/C44H42BrN5O5Si/c1-27-41(56(2,3)54)39(20-21-48-25-36(46-47-48)34(26-51)29-11-5-4-6-12-29)55-44(27)35-23-31(45)18-19-37(35)49(43(44)53)24-28-10-7-15-32(22-28)50-38-17-9-14-30-13-8-16-33(40(30)38)42(50)52/h4-19,22-23,25,27,34,39,41,51,54H,20-21,24,26H2,1-3H3/t27-,34?,39+,41-,44+/m0/s1. The van der Waals surface area contributed by atoms with Crippen LogP contribution in [0.15, 0.2) is 120 Å². The molecular formula is C44H42BrN5O5Si. The molecule has 5 atom stereocenters. The normalized spacial score (nSPS) is 22.1. The maximum Gasteiger partial charge on any atom is 0.264 e. The molecule has 10 nitrogen and oxygen atoms in total. The van der Waals surface area contributed by atoms with Crippen molar-refractivity contribution in [3.05, 3.63) is 148 Å². The van der Waals surface area contributed by atoms with Gasteiger partial charge in [0.25, 0.3) is 11.8 Å². The second kappa shape index (κ2) is 13.9. The van der Waals surface area contributed by atoms with Gasteiger partial charge in [0.15, 0.2) is 13.9 Å². The summed E-state index contributed by atoms with van der Waals surface area (Å²) < 4.78 is 9.67. The number of carbonyl (C=O) groups is 2. The fourth-order valence-electron chi connectivity index (χ4n) is 9.52. The number of anilines is 3. The topological polar surface area (TPSA) is 121 Å². The van der Waals surface area contributed by atoms with E-state index in [0.717, 1.165) is 49.0 Å². The minimum absolute atomic E-state index is 0.0760. The predicted molar refractivity (Wildman–Crippen MR) is 221 cm³/mol. The third-order valence-electron chi connectivity index (χ3n) is 12.0. The molecule has 1 fully saturated rings. The van der Waals surface area contributed by atoms with Gasteiger partial charge < -0.3 is 19.5 Å². The number of benzene rings is 5. The lowest BCUT2D eigenvalue weighted by molar-refractivity contribution is -0.146. The van der Waals surface area contributed by atoms with Gasteiger partial charge in [-0.15, -0.1) is 5.10 Å². The number of carbonyl (C=O) groups excluding carboxylic acids is 2. The lowest BCUT2D eigenvalue weighted by atomic mass is 9.82. The van der Waals surface area contributed by atoms with Crippen molar-refractivity contribution in [1.82, 2.24) is 15.0 Å². The first-order valence-electron chi connectivity index (χ1n) is 19.0. The molecule has 4 heterocycles. The van der Waals surface area contributed by atoms with Crippen LogP contribution in [0.4, 0.5) is 17.1 Å². The average Bonchev–Trinajstić information content (AvgIpc) is 3.91. The molecular weight excluding hydrogens is 787 g/mol. The van der Waals surface area contributed by atoms with Crippen LogP contribution in [0.1, 0.15) is 52.0 Å². The molecule has 6 aromatic rings. The summed E-state index contributed by atoms with van der Waals surface area (Å²) >= 11 is 3.67. The van der Waals surface area contributed by atoms with Crippen LogP contribution in [-0.4, -0.2) is 57.7 Å². The van der Waals surface area contributed by atoms with E-state index < -0.39 is 20.0 Å². The number of hydrogen-bond acceptors (Lipinski definition) is 7. The van der Waals surface area contributed by atoms with Crippen LogP contribution in [0.2, 0.25) is 18.6 Å². The van der Waals surface area contributed by atoms with E-state index in [-0.39, 0.29) is 42.3 Å². The number of aliphatic hydroxyl groups excluding tert-OH is 1. The van der Waals surface area contributed by atoms with Crippen molar-refractivity contribution in [2.24, 2.45) is 5.92 Å². The van der Waals surface area contributed by atoms with Crippen molar-refractivity contribution in [1.29, 1.82) is 0 Å². The number of fused-ring (bicyclic) bond motifs is 2. The van der Waals surface area contributed by atoms with Gasteiger partial charge in [-0.05, 0) is 78.5 Å². The highest BCUT2D eigenvalue weighted by molar-refractivity contribution is 9.10. The second-order valence-corrected chi connectivity index (χ2v) is 20.6. The van der Waals surface area contributed by atoms with Gasteiger partial charge in [-0.3, -0.25) is 19.2 Å². The average molecular weight is 829 g/mol. The first-order chi connectivity index (χ1) is 27.0. The van der Waals surface area contributed by atoms with Crippen LogP contribution in [0.5, 0.6) is 0 Å². The van der Waals surface area contributed by atoms with E-state index in [1.165, 1.54) is 0 Å². The van der Waals surface area contributed by atoms with E-state index in [4.69, 9.17) is 4.74 Å². The molecule has 0 aliphatic carbocycles. The molecule has 56 heavy (non-hydrogen) atoms. The van der Waals surface area contributed by atoms with Gasteiger partial charge in [0.1, 0.15) is 0 Å². The highest BCUT2D eigenvalue weighted by Crippen LogP contribution is 2.60. The van der Waals surface area contributed by atoms with E-state index in [0.29, 0.717) is 24.2 Å². The summed E-state index contributed by atoms with van der Waals surface area (Å²) in [6.45, 7) is 6.51. The maximum atomic E-state index is 15.1. The zero-order valence-electron chi connectivity index (χ0n) is 31.3. The van der Waals surface area contributed by atoms with Crippen LogP contribution < -0.4 is 9.80 Å².